The fourth-order valence-electron chi connectivity index (χ4n) is 2.68. The molecular formula is C17H25NO3. The molecular weight excluding hydrogens is 266 g/mol. The summed E-state index contributed by atoms with van der Waals surface area (Å²) >= 11 is 0. The van der Waals surface area contributed by atoms with Gasteiger partial charge in [0.2, 0.25) is 0 Å². The number of rotatable bonds is 5. The summed E-state index contributed by atoms with van der Waals surface area (Å²) in [6.07, 6.45) is 6.62. The predicted octanol–water partition coefficient (Wildman–Crippen LogP) is 2.96. The predicted molar refractivity (Wildman–Crippen MR) is 82.2 cm³/mol. The number of benzene rings is 1. The second-order valence-electron chi connectivity index (χ2n) is 5.79. The first kappa shape index (κ1) is 15.8. The van der Waals surface area contributed by atoms with E-state index < -0.39 is 6.10 Å². The Balaban J connectivity index is 1.75. The van der Waals surface area contributed by atoms with Gasteiger partial charge in [0.25, 0.3) is 5.91 Å². The number of hydrogen-bond donors (Lipinski definition) is 2. The van der Waals surface area contributed by atoms with Crippen molar-refractivity contribution in [1.29, 1.82) is 0 Å². The van der Waals surface area contributed by atoms with Crippen molar-refractivity contribution in [2.75, 3.05) is 6.61 Å². The zero-order valence-electron chi connectivity index (χ0n) is 12.7. The molecule has 1 aliphatic carbocycles. The van der Waals surface area contributed by atoms with Crippen LogP contribution in [-0.4, -0.2) is 23.7 Å². The van der Waals surface area contributed by atoms with Crippen LogP contribution < -0.4 is 10.1 Å². The molecule has 4 nitrogen and oxygen atoms in total. The van der Waals surface area contributed by atoms with E-state index in [9.17, 15) is 9.90 Å². The van der Waals surface area contributed by atoms with E-state index in [1.54, 1.807) is 19.1 Å². The van der Waals surface area contributed by atoms with Gasteiger partial charge in [0.15, 0.2) is 6.61 Å². The molecule has 1 unspecified atom stereocenters. The van der Waals surface area contributed by atoms with Crippen molar-refractivity contribution in [2.24, 2.45) is 0 Å². The molecule has 4 heteroatoms. The normalized spacial score (nSPS) is 17.8. The van der Waals surface area contributed by atoms with Crippen LogP contribution in [-0.2, 0) is 4.79 Å². The van der Waals surface area contributed by atoms with Crippen LogP contribution in [0.1, 0.15) is 57.1 Å². The lowest BCUT2D eigenvalue weighted by Gasteiger charge is -2.16. The highest BCUT2D eigenvalue weighted by Crippen LogP contribution is 2.18. The smallest absolute Gasteiger partial charge is 0.258 e. The molecule has 1 saturated carbocycles. The average molecular weight is 291 g/mol. The van der Waals surface area contributed by atoms with Gasteiger partial charge >= 0.3 is 0 Å². The number of hydrogen-bond acceptors (Lipinski definition) is 3. The topological polar surface area (TPSA) is 58.6 Å². The molecule has 0 spiro atoms. The number of amides is 1. The van der Waals surface area contributed by atoms with E-state index in [0.717, 1.165) is 18.4 Å². The van der Waals surface area contributed by atoms with Gasteiger partial charge in [0.1, 0.15) is 5.75 Å². The monoisotopic (exact) mass is 291 g/mol. The highest BCUT2D eigenvalue weighted by molar-refractivity contribution is 5.77. The standard InChI is InChI=1S/C17H25NO3/c1-13(19)14-8-10-16(11-9-14)21-12-17(20)18-15-6-4-2-3-5-7-15/h8-11,13,15,19H,2-7,12H2,1H3,(H,18,20). The van der Waals surface area contributed by atoms with Crippen LogP contribution in [0.2, 0.25) is 0 Å². The molecule has 0 radical (unpaired) electrons. The maximum atomic E-state index is 11.9. The lowest BCUT2D eigenvalue weighted by atomic mass is 10.1. The molecule has 1 atom stereocenters. The number of carbonyl (C=O) groups is 1. The molecule has 0 saturated heterocycles. The molecule has 2 rings (SSSR count). The Labute approximate surface area is 126 Å². The lowest BCUT2D eigenvalue weighted by Crippen LogP contribution is -2.37. The largest absolute Gasteiger partial charge is 0.484 e. The highest BCUT2D eigenvalue weighted by Gasteiger charge is 2.14. The number of carbonyl (C=O) groups excluding carboxylic acids is 1. The molecule has 116 valence electrons. The van der Waals surface area contributed by atoms with Gasteiger partial charge in [-0.3, -0.25) is 4.79 Å². The minimum Gasteiger partial charge on any atom is -0.484 e. The average Bonchev–Trinajstić information content (AvgIpc) is 2.74. The summed E-state index contributed by atoms with van der Waals surface area (Å²) in [4.78, 5) is 11.9. The number of aliphatic hydroxyl groups is 1. The molecule has 1 fully saturated rings. The second-order valence-corrected chi connectivity index (χ2v) is 5.79. The summed E-state index contributed by atoms with van der Waals surface area (Å²) in [6, 6.07) is 7.48. The first-order chi connectivity index (χ1) is 10.1. The van der Waals surface area contributed by atoms with E-state index in [1.807, 2.05) is 12.1 Å². The molecule has 1 aliphatic rings. The highest BCUT2D eigenvalue weighted by atomic mass is 16.5. The molecule has 0 aromatic heterocycles. The Morgan fingerprint density at radius 2 is 1.86 bits per heavy atom. The summed E-state index contributed by atoms with van der Waals surface area (Å²) < 4.78 is 5.48. The van der Waals surface area contributed by atoms with Crippen LogP contribution in [0.4, 0.5) is 0 Å². The summed E-state index contributed by atoms with van der Waals surface area (Å²) in [5, 5.41) is 12.5. The summed E-state index contributed by atoms with van der Waals surface area (Å²) in [7, 11) is 0. The molecule has 1 aromatic rings. The Morgan fingerprint density at radius 3 is 2.43 bits per heavy atom. The quantitative estimate of drug-likeness (QED) is 0.820. The Hall–Kier alpha value is -1.55. The van der Waals surface area contributed by atoms with Crippen molar-refractivity contribution in [2.45, 2.75) is 57.6 Å². The van der Waals surface area contributed by atoms with Gasteiger partial charge in [-0.15, -0.1) is 0 Å². The minimum absolute atomic E-state index is 0.0462. The SMILES string of the molecule is CC(O)c1ccc(OCC(=O)NC2CCCCCC2)cc1. The van der Waals surface area contributed by atoms with E-state index in [2.05, 4.69) is 5.32 Å². The summed E-state index contributed by atoms with van der Waals surface area (Å²) in [6.45, 7) is 1.76. The van der Waals surface area contributed by atoms with E-state index in [0.29, 0.717) is 11.8 Å². The Kier molecular flexibility index (Phi) is 6.05. The molecule has 21 heavy (non-hydrogen) atoms. The number of nitrogens with one attached hydrogen (secondary N) is 1. The number of ether oxygens (including phenoxy) is 1. The van der Waals surface area contributed by atoms with Gasteiger partial charge in [-0.2, -0.15) is 0 Å². The third-order valence-corrected chi connectivity index (χ3v) is 3.95. The fourth-order valence-corrected chi connectivity index (χ4v) is 2.68. The van der Waals surface area contributed by atoms with Crippen molar-refractivity contribution >= 4 is 5.91 Å². The Bertz CT molecular complexity index is 434. The first-order valence-corrected chi connectivity index (χ1v) is 7.85. The summed E-state index contributed by atoms with van der Waals surface area (Å²) in [5.74, 6) is 0.594. The second kappa shape index (κ2) is 8.03. The minimum atomic E-state index is -0.488. The van der Waals surface area contributed by atoms with Gasteiger partial charge in [-0.05, 0) is 37.5 Å². The van der Waals surface area contributed by atoms with Crippen LogP contribution in [0.15, 0.2) is 24.3 Å². The molecule has 1 aromatic carbocycles. The van der Waals surface area contributed by atoms with Crippen LogP contribution in [0.5, 0.6) is 5.75 Å². The van der Waals surface area contributed by atoms with Crippen LogP contribution in [0, 0.1) is 0 Å². The third kappa shape index (κ3) is 5.38. The molecule has 0 bridgehead atoms. The van der Waals surface area contributed by atoms with Crippen molar-refractivity contribution in [3.8, 4) is 5.75 Å². The van der Waals surface area contributed by atoms with E-state index in [-0.39, 0.29) is 12.5 Å². The summed E-state index contributed by atoms with van der Waals surface area (Å²) in [5.41, 5.74) is 0.838. The van der Waals surface area contributed by atoms with E-state index in [1.165, 1.54) is 25.7 Å². The molecule has 0 aliphatic heterocycles. The van der Waals surface area contributed by atoms with Gasteiger partial charge in [-0.25, -0.2) is 0 Å². The van der Waals surface area contributed by atoms with Gasteiger partial charge in [0, 0.05) is 6.04 Å². The van der Waals surface area contributed by atoms with Crippen molar-refractivity contribution in [1.82, 2.24) is 5.32 Å². The van der Waals surface area contributed by atoms with Gasteiger partial charge < -0.3 is 15.2 Å². The van der Waals surface area contributed by atoms with Gasteiger partial charge in [0.05, 0.1) is 6.10 Å². The maximum Gasteiger partial charge on any atom is 0.258 e. The third-order valence-electron chi connectivity index (χ3n) is 3.95. The number of aliphatic hydroxyl groups excluding tert-OH is 1. The first-order valence-electron chi connectivity index (χ1n) is 7.85. The van der Waals surface area contributed by atoms with Gasteiger partial charge in [-0.1, -0.05) is 37.8 Å². The van der Waals surface area contributed by atoms with E-state index in [4.69, 9.17) is 4.74 Å². The van der Waals surface area contributed by atoms with Crippen LogP contribution in [0.3, 0.4) is 0 Å². The molecule has 1 amide bonds. The lowest BCUT2D eigenvalue weighted by molar-refractivity contribution is -0.123. The zero-order chi connectivity index (χ0) is 15.1. The van der Waals surface area contributed by atoms with Crippen molar-refractivity contribution < 1.29 is 14.6 Å². The maximum absolute atomic E-state index is 11.9. The molecule has 2 N–H and O–H groups in total. The van der Waals surface area contributed by atoms with Crippen LogP contribution >= 0.6 is 0 Å². The zero-order valence-corrected chi connectivity index (χ0v) is 12.7. The Morgan fingerprint density at radius 1 is 1.24 bits per heavy atom. The van der Waals surface area contributed by atoms with Crippen molar-refractivity contribution in [3.05, 3.63) is 29.8 Å². The van der Waals surface area contributed by atoms with Crippen molar-refractivity contribution in [3.63, 3.8) is 0 Å². The fraction of sp³-hybridized carbons (Fsp3) is 0.588. The van der Waals surface area contributed by atoms with Crippen LogP contribution in [0.25, 0.3) is 0 Å². The van der Waals surface area contributed by atoms with E-state index >= 15 is 0 Å². The molecule has 0 heterocycles.